The average molecular weight is 487 g/mol. The van der Waals surface area contributed by atoms with Crippen LogP contribution in [0, 0.1) is 0 Å². The van der Waals surface area contributed by atoms with E-state index < -0.39 is 0 Å². The number of benzene rings is 3. The number of phenolic OH excluding ortho intramolecular Hbond substituents is 1. The van der Waals surface area contributed by atoms with Crippen LogP contribution in [0.5, 0.6) is 11.5 Å². The molecule has 4 rings (SSSR count). The lowest BCUT2D eigenvalue weighted by molar-refractivity contribution is 0.397. The highest BCUT2D eigenvalue weighted by Gasteiger charge is 2.25. The Hall–Kier alpha value is -2.98. The summed E-state index contributed by atoms with van der Waals surface area (Å²) in [6, 6.07) is 21.5. The minimum atomic E-state index is 0.0958. The van der Waals surface area contributed by atoms with E-state index in [9.17, 15) is 5.11 Å². The van der Waals surface area contributed by atoms with E-state index in [-0.39, 0.29) is 5.54 Å². The summed E-state index contributed by atoms with van der Waals surface area (Å²) in [6.07, 6.45) is 4.10. The maximum atomic E-state index is 9.89. The molecule has 0 saturated carbocycles. The van der Waals surface area contributed by atoms with E-state index in [2.05, 4.69) is 86.4 Å². The minimum Gasteiger partial charge on any atom is -0.508 e. The minimum absolute atomic E-state index is 0.0958. The molecule has 1 aliphatic carbocycles. The predicted molar refractivity (Wildman–Crippen MR) is 150 cm³/mol. The Morgan fingerprint density at radius 1 is 0.972 bits per heavy atom. The summed E-state index contributed by atoms with van der Waals surface area (Å²) in [7, 11) is 1.74. The molecule has 0 amide bonds. The molecule has 1 atom stereocenters. The zero-order valence-electron chi connectivity index (χ0n) is 22.6. The van der Waals surface area contributed by atoms with E-state index in [0.29, 0.717) is 11.7 Å². The number of aromatic hydroxyl groups is 1. The van der Waals surface area contributed by atoms with Crippen molar-refractivity contribution in [2.45, 2.75) is 71.4 Å². The number of nitrogens with zero attached hydrogens (tertiary/aromatic N) is 1. The van der Waals surface area contributed by atoms with Crippen LogP contribution in [0.4, 0.5) is 5.69 Å². The van der Waals surface area contributed by atoms with Crippen molar-refractivity contribution in [3.63, 3.8) is 0 Å². The molecule has 0 spiro atoms. The Morgan fingerprint density at radius 2 is 1.72 bits per heavy atom. The van der Waals surface area contributed by atoms with Crippen LogP contribution in [-0.4, -0.2) is 30.8 Å². The smallest absolute Gasteiger partial charge is 0.120 e. The number of nitrogens with one attached hydrogen (secondary N) is 1. The van der Waals surface area contributed by atoms with Crippen LogP contribution < -0.4 is 15.0 Å². The molecular formula is C32H42N2O2. The molecule has 0 heterocycles. The number of ether oxygens (including phenoxy) is 1. The summed E-state index contributed by atoms with van der Waals surface area (Å²) in [5, 5.41) is 13.5. The highest BCUT2D eigenvalue weighted by molar-refractivity contribution is 5.60. The van der Waals surface area contributed by atoms with Crippen LogP contribution >= 0.6 is 0 Å². The van der Waals surface area contributed by atoms with Gasteiger partial charge in [0.05, 0.1) is 7.11 Å². The number of aryl methyl sites for hydroxylation is 1. The molecule has 0 saturated heterocycles. The fourth-order valence-corrected chi connectivity index (χ4v) is 5.68. The monoisotopic (exact) mass is 486 g/mol. The fraction of sp³-hybridized carbons (Fsp3) is 0.438. The summed E-state index contributed by atoms with van der Waals surface area (Å²) in [5.74, 6) is 1.72. The van der Waals surface area contributed by atoms with Crippen molar-refractivity contribution in [3.8, 4) is 11.5 Å². The van der Waals surface area contributed by atoms with Crippen LogP contribution in [0.2, 0.25) is 0 Å². The number of likely N-dealkylation sites (N-methyl/N-ethyl adjacent to an activating group) is 1. The van der Waals surface area contributed by atoms with E-state index >= 15 is 0 Å². The summed E-state index contributed by atoms with van der Waals surface area (Å²) in [5.41, 5.74) is 8.07. The van der Waals surface area contributed by atoms with Gasteiger partial charge in [0.15, 0.2) is 0 Å². The first-order valence-corrected chi connectivity index (χ1v) is 13.4. The van der Waals surface area contributed by atoms with Gasteiger partial charge in [0.2, 0.25) is 0 Å². The average Bonchev–Trinajstić information content (AvgIpc) is 2.87. The zero-order chi connectivity index (χ0) is 25.7. The largest absolute Gasteiger partial charge is 0.508 e. The summed E-state index contributed by atoms with van der Waals surface area (Å²) in [4.78, 5) is 2.47. The first-order chi connectivity index (χ1) is 17.3. The quantitative estimate of drug-likeness (QED) is 0.338. The van der Waals surface area contributed by atoms with Crippen molar-refractivity contribution >= 4 is 5.69 Å². The number of anilines is 1. The first-order valence-electron chi connectivity index (χ1n) is 13.4. The van der Waals surface area contributed by atoms with Gasteiger partial charge in [-0.25, -0.2) is 0 Å². The number of rotatable bonds is 10. The van der Waals surface area contributed by atoms with Gasteiger partial charge in [-0.1, -0.05) is 43.3 Å². The van der Waals surface area contributed by atoms with Crippen LogP contribution in [0.15, 0.2) is 60.7 Å². The molecule has 36 heavy (non-hydrogen) atoms. The third-order valence-electron chi connectivity index (χ3n) is 7.52. The molecule has 0 fully saturated rings. The van der Waals surface area contributed by atoms with Gasteiger partial charge in [0.25, 0.3) is 0 Å². The van der Waals surface area contributed by atoms with Gasteiger partial charge in [0, 0.05) is 30.4 Å². The number of fused-ring (bicyclic) bond motifs is 1. The molecule has 0 radical (unpaired) electrons. The second kappa shape index (κ2) is 11.4. The third-order valence-corrected chi connectivity index (χ3v) is 7.52. The zero-order valence-corrected chi connectivity index (χ0v) is 22.6. The highest BCUT2D eigenvalue weighted by Crippen LogP contribution is 2.40. The first kappa shape index (κ1) is 26.1. The molecular weight excluding hydrogens is 444 g/mol. The fourth-order valence-electron chi connectivity index (χ4n) is 5.68. The SMILES string of the molecule is CCNC(C)(C)Cc1ccc(CN(CC)c2cc(OC)ccc2C2CCc3cc(O)ccc3C2)cc1. The van der Waals surface area contributed by atoms with E-state index in [1.807, 2.05) is 12.1 Å². The Labute approximate surface area is 217 Å². The molecule has 0 aromatic heterocycles. The van der Waals surface area contributed by atoms with E-state index in [4.69, 9.17) is 4.74 Å². The maximum absolute atomic E-state index is 9.89. The van der Waals surface area contributed by atoms with Crippen LogP contribution in [0.3, 0.4) is 0 Å². The number of hydrogen-bond donors (Lipinski definition) is 2. The van der Waals surface area contributed by atoms with E-state index in [0.717, 1.165) is 51.1 Å². The lowest BCUT2D eigenvalue weighted by Crippen LogP contribution is -2.41. The predicted octanol–water partition coefficient (Wildman–Crippen LogP) is 6.63. The third kappa shape index (κ3) is 6.22. The van der Waals surface area contributed by atoms with Gasteiger partial charge in [-0.2, -0.15) is 0 Å². The second-order valence-electron chi connectivity index (χ2n) is 10.7. The second-order valence-corrected chi connectivity index (χ2v) is 10.7. The highest BCUT2D eigenvalue weighted by atomic mass is 16.5. The molecule has 0 aliphatic heterocycles. The van der Waals surface area contributed by atoms with Crippen LogP contribution in [0.1, 0.15) is 67.9 Å². The topological polar surface area (TPSA) is 44.7 Å². The van der Waals surface area contributed by atoms with Crippen molar-refractivity contribution in [1.82, 2.24) is 5.32 Å². The molecule has 1 aliphatic rings. The van der Waals surface area contributed by atoms with Gasteiger partial charge >= 0.3 is 0 Å². The Kier molecular flexibility index (Phi) is 8.25. The molecule has 0 bridgehead atoms. The summed E-state index contributed by atoms with van der Waals surface area (Å²) < 4.78 is 5.63. The molecule has 4 heteroatoms. The van der Waals surface area contributed by atoms with Gasteiger partial charge < -0.3 is 20.1 Å². The molecule has 192 valence electrons. The molecule has 3 aromatic rings. The van der Waals surface area contributed by atoms with E-state index in [1.54, 1.807) is 7.11 Å². The van der Waals surface area contributed by atoms with Gasteiger partial charge in [-0.3, -0.25) is 0 Å². The normalized spacial score (nSPS) is 15.4. The standard InChI is InChI=1S/C32H42N2O2/c1-6-33-32(3,4)21-23-8-10-24(11-9-23)22-34(7-2)31-20-29(36-5)16-17-30(31)27-13-12-26-19-28(35)15-14-25(26)18-27/h8-11,14-17,19-20,27,33,35H,6-7,12-13,18,21-22H2,1-5H3. The Morgan fingerprint density at radius 3 is 2.42 bits per heavy atom. The van der Waals surface area contributed by atoms with Crippen molar-refractivity contribution < 1.29 is 9.84 Å². The maximum Gasteiger partial charge on any atom is 0.120 e. The Balaban J connectivity index is 1.56. The molecule has 2 N–H and O–H groups in total. The number of methoxy groups -OCH3 is 1. The molecule has 1 unspecified atom stereocenters. The lowest BCUT2D eigenvalue weighted by Gasteiger charge is -2.32. The number of hydrogen-bond acceptors (Lipinski definition) is 4. The Bertz CT molecular complexity index is 1150. The lowest BCUT2D eigenvalue weighted by atomic mass is 9.79. The van der Waals surface area contributed by atoms with Crippen molar-refractivity contribution in [2.24, 2.45) is 0 Å². The van der Waals surface area contributed by atoms with Crippen molar-refractivity contribution in [3.05, 3.63) is 88.5 Å². The number of phenols is 1. The molecule has 3 aromatic carbocycles. The van der Waals surface area contributed by atoms with Crippen molar-refractivity contribution in [2.75, 3.05) is 25.1 Å². The summed E-state index contributed by atoms with van der Waals surface area (Å²) in [6.45, 7) is 11.7. The van der Waals surface area contributed by atoms with Crippen molar-refractivity contribution in [1.29, 1.82) is 0 Å². The summed E-state index contributed by atoms with van der Waals surface area (Å²) >= 11 is 0. The van der Waals surface area contributed by atoms with Gasteiger partial charge in [-0.05, 0) is 105 Å². The van der Waals surface area contributed by atoms with Gasteiger partial charge in [-0.15, -0.1) is 0 Å². The van der Waals surface area contributed by atoms with Gasteiger partial charge in [0.1, 0.15) is 11.5 Å². The molecule has 4 nitrogen and oxygen atoms in total. The van der Waals surface area contributed by atoms with Crippen LogP contribution in [-0.2, 0) is 25.8 Å². The van der Waals surface area contributed by atoms with Crippen LogP contribution in [0.25, 0.3) is 0 Å². The van der Waals surface area contributed by atoms with E-state index in [1.165, 1.54) is 33.5 Å².